The van der Waals surface area contributed by atoms with Crippen molar-refractivity contribution < 1.29 is 48.5 Å². The lowest BCUT2D eigenvalue weighted by Gasteiger charge is -2.33. The van der Waals surface area contributed by atoms with Gasteiger partial charge in [-0.25, -0.2) is 0 Å². The van der Waals surface area contributed by atoms with Crippen LogP contribution in [-0.4, -0.2) is 69.2 Å². The fourth-order valence-corrected chi connectivity index (χ4v) is 6.02. The quantitative estimate of drug-likeness (QED) is 0.0518. The Balaban J connectivity index is 1.80. The lowest BCUT2D eigenvalue weighted by atomic mass is 9.86. The molecule has 10 unspecified atom stereocenters. The molecule has 0 aromatic heterocycles. The van der Waals surface area contributed by atoms with E-state index in [1.807, 2.05) is 45.9 Å². The zero-order valence-corrected chi connectivity index (χ0v) is 29.4. The number of allylic oxidation sites excluding steroid dienone is 3. The van der Waals surface area contributed by atoms with E-state index in [4.69, 9.17) is 18.9 Å². The number of nitro benzene ring substituents is 1. The zero-order chi connectivity index (χ0) is 36.5. The van der Waals surface area contributed by atoms with Gasteiger partial charge in [0.2, 0.25) is 0 Å². The van der Waals surface area contributed by atoms with E-state index in [0.29, 0.717) is 6.42 Å². The van der Waals surface area contributed by atoms with Crippen LogP contribution < -0.4 is 4.74 Å². The van der Waals surface area contributed by atoms with Crippen molar-refractivity contribution >= 4 is 23.6 Å². The molecule has 1 aromatic carbocycles. The summed E-state index contributed by atoms with van der Waals surface area (Å²) in [5.41, 5.74) is -1.04. The molecule has 0 saturated carbocycles. The molecule has 0 radical (unpaired) electrons. The van der Waals surface area contributed by atoms with Gasteiger partial charge in [-0.1, -0.05) is 52.0 Å². The highest BCUT2D eigenvalue weighted by molar-refractivity contribution is 5.81. The molecular formula is C37H51NO11. The van der Waals surface area contributed by atoms with Crippen LogP contribution in [0.5, 0.6) is 5.75 Å². The maximum absolute atomic E-state index is 13.3. The molecule has 2 aliphatic heterocycles. The highest BCUT2D eigenvalue weighted by Gasteiger charge is 2.45. The van der Waals surface area contributed by atoms with Crippen molar-refractivity contribution in [3.05, 3.63) is 70.3 Å². The molecule has 12 heteroatoms. The van der Waals surface area contributed by atoms with Crippen LogP contribution in [-0.2, 0) is 28.6 Å². The average molecular weight is 686 g/mol. The lowest BCUT2D eigenvalue weighted by Crippen LogP contribution is -2.42. The van der Waals surface area contributed by atoms with Gasteiger partial charge < -0.3 is 29.2 Å². The fourth-order valence-electron chi connectivity index (χ4n) is 6.02. The largest absolute Gasteiger partial charge is 0.457 e. The third kappa shape index (κ3) is 11.9. The molecule has 2 aliphatic rings. The van der Waals surface area contributed by atoms with Gasteiger partial charge in [-0.15, -0.1) is 0 Å². The van der Waals surface area contributed by atoms with E-state index in [1.54, 1.807) is 12.2 Å². The Hall–Kier alpha value is -3.87. The number of carbonyl (C=O) groups excluding carboxylic acids is 3. The van der Waals surface area contributed by atoms with Crippen LogP contribution in [0.4, 0.5) is 5.69 Å². The molecule has 0 aliphatic carbocycles. The van der Waals surface area contributed by atoms with Crippen LogP contribution >= 0.6 is 0 Å². The van der Waals surface area contributed by atoms with Crippen molar-refractivity contribution in [2.75, 3.05) is 0 Å². The van der Waals surface area contributed by atoms with Crippen LogP contribution in [0.25, 0.3) is 0 Å². The minimum Gasteiger partial charge on any atom is -0.457 e. The topological polar surface area (TPSA) is 175 Å². The third-order valence-corrected chi connectivity index (χ3v) is 9.26. The Bertz CT molecular complexity index is 1400. The van der Waals surface area contributed by atoms with Gasteiger partial charge in [0.1, 0.15) is 23.6 Å². The Morgan fingerprint density at radius 1 is 1.18 bits per heavy atom. The molecule has 270 valence electrons. The lowest BCUT2D eigenvalue weighted by molar-refractivity contribution is -0.384. The van der Waals surface area contributed by atoms with Gasteiger partial charge in [0.05, 0.1) is 35.6 Å². The number of nitro groups is 1. The maximum atomic E-state index is 13.3. The van der Waals surface area contributed by atoms with E-state index >= 15 is 0 Å². The second kappa shape index (κ2) is 17.7. The van der Waals surface area contributed by atoms with Gasteiger partial charge in [-0.05, 0) is 69.2 Å². The minimum atomic E-state index is -1.59. The number of cyclic esters (lactones) is 1. The molecule has 12 nitrogen and oxygen atoms in total. The predicted molar refractivity (Wildman–Crippen MR) is 181 cm³/mol. The van der Waals surface area contributed by atoms with Gasteiger partial charge in [0.15, 0.2) is 0 Å². The van der Waals surface area contributed by atoms with Gasteiger partial charge in [-0.2, -0.15) is 0 Å². The Labute approximate surface area is 288 Å². The summed E-state index contributed by atoms with van der Waals surface area (Å²) in [4.78, 5) is 49.0. The monoisotopic (exact) mass is 685 g/mol. The summed E-state index contributed by atoms with van der Waals surface area (Å²) in [6, 6.07) is 4.97. The van der Waals surface area contributed by atoms with Crippen molar-refractivity contribution in [2.45, 2.75) is 117 Å². The number of esters is 3. The van der Waals surface area contributed by atoms with Crippen LogP contribution in [0.2, 0.25) is 0 Å². The molecular weight excluding hydrogens is 634 g/mol. The first-order valence-corrected chi connectivity index (χ1v) is 16.9. The maximum Gasteiger partial charge on any atom is 0.314 e. The van der Waals surface area contributed by atoms with Crippen LogP contribution in [0, 0.1) is 33.8 Å². The first kappa shape index (κ1) is 39.6. The zero-order valence-electron chi connectivity index (χ0n) is 29.4. The van der Waals surface area contributed by atoms with Crippen molar-refractivity contribution in [1.82, 2.24) is 0 Å². The minimum absolute atomic E-state index is 0.00304. The summed E-state index contributed by atoms with van der Waals surface area (Å²) in [5.74, 6) is -3.12. The van der Waals surface area contributed by atoms with Crippen LogP contribution in [0.1, 0.15) is 80.6 Å². The number of non-ortho nitro benzene ring substituents is 1. The molecule has 0 bridgehead atoms. The molecule has 0 amide bonds. The molecule has 2 N–H and O–H groups in total. The first-order valence-electron chi connectivity index (χ1n) is 16.9. The van der Waals surface area contributed by atoms with Gasteiger partial charge in [-0.3, -0.25) is 24.5 Å². The number of hydrogen-bond acceptors (Lipinski definition) is 11. The number of benzene rings is 1. The van der Waals surface area contributed by atoms with Gasteiger partial charge >= 0.3 is 17.9 Å². The highest BCUT2D eigenvalue weighted by atomic mass is 16.6. The number of nitrogens with zero attached hydrogens (tertiary/aromatic N) is 1. The van der Waals surface area contributed by atoms with Crippen molar-refractivity contribution in [3.8, 4) is 5.75 Å². The normalized spacial score (nSPS) is 30.6. The fraction of sp³-hybridized carbons (Fsp3) is 0.595. The second-order valence-electron chi connectivity index (χ2n) is 13.6. The number of aliphatic hydroxyl groups excluding tert-OH is 1. The number of aliphatic hydroxyl groups is 2. The average Bonchev–Trinajstić information content (AvgIpc) is 3.80. The van der Waals surface area contributed by atoms with Crippen LogP contribution in [0.15, 0.2) is 60.2 Å². The summed E-state index contributed by atoms with van der Waals surface area (Å²) in [6.07, 6.45) is 8.21. The standard InChI is InChI=1S/C37H51NO11/c1-8-30(40)25(5)35-31(48-35)20-22(2)10-9-11-23(3)34-24(4)12-17-32(46-26(6)39)37(7,43)19-18-27(21-33(41)49-34)36(42)47-29-15-13-28(14-16-29)38(44)45/h9-17,22,24-25,27,30-32,34-35,40,43H,8,18-21H2,1-7H3/b10-9+,17-12+,23-11+. The van der Waals surface area contributed by atoms with Crippen molar-refractivity contribution in [3.63, 3.8) is 0 Å². The first-order chi connectivity index (χ1) is 23.0. The molecule has 1 saturated heterocycles. The number of epoxide rings is 1. The van der Waals surface area contributed by atoms with E-state index < -0.39 is 52.5 Å². The molecule has 49 heavy (non-hydrogen) atoms. The number of ether oxygens (including phenoxy) is 4. The Morgan fingerprint density at radius 2 is 1.86 bits per heavy atom. The van der Waals surface area contributed by atoms with Crippen LogP contribution in [0.3, 0.4) is 0 Å². The smallest absolute Gasteiger partial charge is 0.314 e. The van der Waals surface area contributed by atoms with E-state index in [1.165, 1.54) is 38.1 Å². The summed E-state index contributed by atoms with van der Waals surface area (Å²) < 4.78 is 22.7. The van der Waals surface area contributed by atoms with E-state index in [-0.39, 0.29) is 60.8 Å². The molecule has 2 heterocycles. The van der Waals surface area contributed by atoms with E-state index in [0.717, 1.165) is 12.0 Å². The predicted octanol–water partition coefficient (Wildman–Crippen LogP) is 5.79. The van der Waals surface area contributed by atoms with Crippen molar-refractivity contribution in [1.29, 1.82) is 0 Å². The molecule has 1 fully saturated rings. The van der Waals surface area contributed by atoms with Gasteiger partial charge in [0, 0.05) is 30.9 Å². The summed E-state index contributed by atoms with van der Waals surface area (Å²) >= 11 is 0. The number of hydrogen-bond donors (Lipinski definition) is 2. The molecule has 0 spiro atoms. The number of rotatable bonds is 12. The summed E-state index contributed by atoms with van der Waals surface area (Å²) in [5, 5.41) is 32.5. The van der Waals surface area contributed by atoms with E-state index in [2.05, 4.69) is 6.92 Å². The summed E-state index contributed by atoms with van der Waals surface area (Å²) in [6.45, 7) is 12.4. The Kier molecular flexibility index (Phi) is 14.3. The molecule has 1 aromatic rings. The molecule has 10 atom stereocenters. The summed E-state index contributed by atoms with van der Waals surface area (Å²) in [7, 11) is 0. The number of carbonyl (C=O) groups is 3. The molecule has 3 rings (SSSR count). The Morgan fingerprint density at radius 3 is 2.47 bits per heavy atom. The third-order valence-electron chi connectivity index (χ3n) is 9.26. The van der Waals surface area contributed by atoms with Crippen molar-refractivity contribution in [2.24, 2.45) is 23.7 Å². The second-order valence-corrected chi connectivity index (χ2v) is 13.6. The highest BCUT2D eigenvalue weighted by Crippen LogP contribution is 2.36. The SMILES string of the molecule is CCC(O)C(C)C1OC1CC(C)/C=C/C=C(\C)C1OC(=O)CC(C(=O)Oc2ccc([N+](=O)[O-])cc2)CCC(C)(O)C(OC(C)=O)/C=C/C1C. The van der Waals surface area contributed by atoms with E-state index in [9.17, 15) is 34.7 Å². The van der Waals surface area contributed by atoms with Gasteiger partial charge in [0.25, 0.3) is 5.69 Å².